The maximum atomic E-state index is 7.08. The zero-order valence-corrected chi connectivity index (χ0v) is 8.42. The molecule has 1 aliphatic rings. The average molecular weight is 181 g/mol. The van der Waals surface area contributed by atoms with Crippen molar-refractivity contribution in [2.24, 2.45) is 5.73 Å². The topological polar surface area (TPSA) is 33.6 Å². The monoisotopic (exact) mass is 181 g/mol. The summed E-state index contributed by atoms with van der Waals surface area (Å²) in [5, 5.41) is 0. The van der Waals surface area contributed by atoms with Gasteiger partial charge in [0, 0.05) is 32.9 Å². The van der Waals surface area contributed by atoms with Gasteiger partial charge in [-0.1, -0.05) is 0 Å². The molecule has 2 N–H and O–H groups in total. The molecule has 1 fully saturated rings. The molecule has 0 aromatic carbocycles. The summed E-state index contributed by atoms with van der Waals surface area (Å²) in [7, 11) is 0. The number of hydrogen-bond acceptors (Lipinski definition) is 2. The highest BCUT2D eigenvalue weighted by molar-refractivity contribution is 4.98. The molecule has 0 aromatic heterocycles. The summed E-state index contributed by atoms with van der Waals surface area (Å²) in [4.78, 5) is 6.11. The van der Waals surface area contributed by atoms with Crippen LogP contribution in [0.1, 0.15) is 26.2 Å². The summed E-state index contributed by atoms with van der Waals surface area (Å²) in [6.45, 7) is 13.2. The van der Waals surface area contributed by atoms with E-state index in [2.05, 4.69) is 16.7 Å². The maximum absolute atomic E-state index is 7.08. The van der Waals surface area contributed by atoms with Crippen LogP contribution >= 0.6 is 0 Å². The van der Waals surface area contributed by atoms with Crippen LogP contribution in [0.25, 0.3) is 4.85 Å². The second kappa shape index (κ2) is 4.59. The first-order chi connectivity index (χ1) is 6.20. The van der Waals surface area contributed by atoms with Crippen molar-refractivity contribution in [3.05, 3.63) is 11.4 Å². The Hall–Kier alpha value is -0.590. The van der Waals surface area contributed by atoms with E-state index >= 15 is 0 Å². The average Bonchev–Trinajstić information content (AvgIpc) is 2.17. The normalized spacial score (nSPS) is 22.5. The van der Waals surface area contributed by atoms with E-state index < -0.39 is 0 Å². The van der Waals surface area contributed by atoms with Gasteiger partial charge >= 0.3 is 0 Å². The van der Waals surface area contributed by atoms with Crippen LogP contribution in [-0.2, 0) is 0 Å². The molecule has 3 heteroatoms. The third kappa shape index (κ3) is 2.98. The van der Waals surface area contributed by atoms with Crippen LogP contribution in [-0.4, -0.2) is 36.6 Å². The largest absolute Gasteiger partial charge is 0.330 e. The minimum Gasteiger partial charge on any atom is -0.330 e. The van der Waals surface area contributed by atoms with E-state index in [4.69, 9.17) is 12.3 Å². The number of piperidine rings is 1. The third-order valence-corrected chi connectivity index (χ3v) is 2.88. The van der Waals surface area contributed by atoms with Crippen molar-refractivity contribution in [3.63, 3.8) is 0 Å². The first kappa shape index (κ1) is 10.5. The standard InChI is InChI=1S/C10H19N3/c1-10(12-2)4-8-13(9-5-10)7-3-6-11/h3-9,11H2,1H3. The van der Waals surface area contributed by atoms with Gasteiger partial charge in [-0.05, 0) is 19.5 Å². The molecule has 13 heavy (non-hydrogen) atoms. The molecule has 1 saturated heterocycles. The van der Waals surface area contributed by atoms with Crippen molar-refractivity contribution in [2.75, 3.05) is 26.2 Å². The molecule has 0 aromatic rings. The number of nitrogens with zero attached hydrogens (tertiary/aromatic N) is 2. The van der Waals surface area contributed by atoms with E-state index in [1.165, 1.54) is 0 Å². The molecule has 1 rings (SSSR count). The lowest BCUT2D eigenvalue weighted by atomic mass is 9.91. The summed E-state index contributed by atoms with van der Waals surface area (Å²) >= 11 is 0. The quantitative estimate of drug-likeness (QED) is 0.662. The molecule has 0 atom stereocenters. The zero-order chi connectivity index (χ0) is 9.73. The molecule has 0 amide bonds. The highest BCUT2D eigenvalue weighted by Crippen LogP contribution is 2.25. The van der Waals surface area contributed by atoms with Gasteiger partial charge in [0.2, 0.25) is 5.54 Å². The number of rotatable bonds is 3. The molecular formula is C10H19N3. The van der Waals surface area contributed by atoms with Crippen molar-refractivity contribution >= 4 is 0 Å². The predicted octanol–water partition coefficient (Wildman–Crippen LogP) is 1.11. The van der Waals surface area contributed by atoms with Crippen LogP contribution in [0.15, 0.2) is 0 Å². The number of nitrogens with two attached hydrogens (primary N) is 1. The molecule has 0 spiro atoms. The third-order valence-electron chi connectivity index (χ3n) is 2.88. The van der Waals surface area contributed by atoms with Gasteiger partial charge in [-0.15, -0.1) is 0 Å². The Labute approximate surface area is 80.7 Å². The molecule has 1 aliphatic heterocycles. The summed E-state index contributed by atoms with van der Waals surface area (Å²) in [5.74, 6) is 0. The van der Waals surface area contributed by atoms with Gasteiger partial charge in [-0.3, -0.25) is 0 Å². The van der Waals surface area contributed by atoms with E-state index in [0.29, 0.717) is 0 Å². The Morgan fingerprint density at radius 1 is 1.46 bits per heavy atom. The molecule has 1 heterocycles. The highest BCUT2D eigenvalue weighted by atomic mass is 15.1. The molecule has 0 bridgehead atoms. The minimum absolute atomic E-state index is 0.0841. The maximum Gasteiger partial charge on any atom is 0.232 e. The zero-order valence-electron chi connectivity index (χ0n) is 8.42. The number of likely N-dealkylation sites (tertiary alicyclic amines) is 1. The molecule has 0 radical (unpaired) electrons. The Morgan fingerprint density at radius 3 is 2.54 bits per heavy atom. The summed E-state index contributed by atoms with van der Waals surface area (Å²) in [6, 6.07) is 0. The van der Waals surface area contributed by atoms with Crippen LogP contribution in [0.2, 0.25) is 0 Å². The van der Waals surface area contributed by atoms with Gasteiger partial charge in [0.15, 0.2) is 0 Å². The van der Waals surface area contributed by atoms with E-state index in [9.17, 15) is 0 Å². The van der Waals surface area contributed by atoms with Gasteiger partial charge in [0.05, 0.1) is 0 Å². The van der Waals surface area contributed by atoms with E-state index in [1.807, 2.05) is 0 Å². The SMILES string of the molecule is [C-]#[N+]C1(C)CCN(CCCN)CC1. The van der Waals surface area contributed by atoms with Crippen molar-refractivity contribution in [1.82, 2.24) is 4.90 Å². The Kier molecular flexibility index (Phi) is 3.71. The molecular weight excluding hydrogens is 162 g/mol. The fraction of sp³-hybridized carbons (Fsp3) is 0.900. The van der Waals surface area contributed by atoms with Crippen molar-refractivity contribution in [3.8, 4) is 0 Å². The Bertz CT molecular complexity index is 187. The van der Waals surface area contributed by atoms with Crippen LogP contribution in [0.3, 0.4) is 0 Å². The Balaban J connectivity index is 2.27. The molecule has 74 valence electrons. The van der Waals surface area contributed by atoms with Crippen LogP contribution in [0, 0.1) is 6.57 Å². The van der Waals surface area contributed by atoms with Crippen molar-refractivity contribution in [2.45, 2.75) is 31.7 Å². The highest BCUT2D eigenvalue weighted by Gasteiger charge is 2.34. The van der Waals surface area contributed by atoms with Crippen molar-refractivity contribution in [1.29, 1.82) is 0 Å². The van der Waals surface area contributed by atoms with Gasteiger partial charge in [-0.2, -0.15) is 0 Å². The predicted molar refractivity (Wildman–Crippen MR) is 54.4 cm³/mol. The lowest BCUT2D eigenvalue weighted by Gasteiger charge is -2.31. The lowest BCUT2D eigenvalue weighted by Crippen LogP contribution is -2.41. The molecule has 0 unspecified atom stereocenters. The first-order valence-electron chi connectivity index (χ1n) is 5.01. The molecule has 3 nitrogen and oxygen atoms in total. The number of hydrogen-bond donors (Lipinski definition) is 1. The van der Waals surface area contributed by atoms with Crippen LogP contribution < -0.4 is 5.73 Å². The van der Waals surface area contributed by atoms with Gasteiger partial charge in [0.25, 0.3) is 0 Å². The lowest BCUT2D eigenvalue weighted by molar-refractivity contribution is 0.189. The smallest absolute Gasteiger partial charge is 0.232 e. The van der Waals surface area contributed by atoms with Crippen LogP contribution in [0.5, 0.6) is 0 Å². The fourth-order valence-corrected chi connectivity index (χ4v) is 1.69. The summed E-state index contributed by atoms with van der Waals surface area (Å²) in [5.41, 5.74) is 5.37. The van der Waals surface area contributed by atoms with Gasteiger partial charge < -0.3 is 15.5 Å². The minimum atomic E-state index is -0.0841. The summed E-state index contributed by atoms with van der Waals surface area (Å²) < 4.78 is 0. The second-order valence-electron chi connectivity index (χ2n) is 4.09. The van der Waals surface area contributed by atoms with Gasteiger partial charge in [0.1, 0.15) is 0 Å². The first-order valence-corrected chi connectivity index (χ1v) is 5.01. The fourth-order valence-electron chi connectivity index (χ4n) is 1.69. The molecule has 0 aliphatic carbocycles. The Morgan fingerprint density at radius 2 is 2.08 bits per heavy atom. The van der Waals surface area contributed by atoms with Gasteiger partial charge in [-0.25, -0.2) is 6.57 Å². The second-order valence-corrected chi connectivity index (χ2v) is 4.09. The van der Waals surface area contributed by atoms with Crippen LogP contribution in [0.4, 0.5) is 0 Å². The summed E-state index contributed by atoms with van der Waals surface area (Å²) in [6.07, 6.45) is 3.11. The van der Waals surface area contributed by atoms with Crippen molar-refractivity contribution < 1.29 is 0 Å². The van der Waals surface area contributed by atoms with E-state index in [-0.39, 0.29) is 5.54 Å². The molecule has 0 saturated carbocycles. The van der Waals surface area contributed by atoms with E-state index in [1.54, 1.807) is 0 Å². The van der Waals surface area contributed by atoms with E-state index in [0.717, 1.165) is 45.4 Å².